The van der Waals surface area contributed by atoms with Gasteiger partial charge in [0.15, 0.2) is 0 Å². The van der Waals surface area contributed by atoms with Crippen molar-refractivity contribution in [1.82, 2.24) is 9.78 Å². The molecule has 25 heavy (non-hydrogen) atoms. The molecule has 0 saturated carbocycles. The van der Waals surface area contributed by atoms with Gasteiger partial charge in [-0.1, -0.05) is 11.6 Å². The fraction of sp³-hybridized carbons (Fsp3) is 0.412. The summed E-state index contributed by atoms with van der Waals surface area (Å²) < 4.78 is 13.9. The van der Waals surface area contributed by atoms with E-state index in [0.29, 0.717) is 10.6 Å². The Hall–Kier alpha value is -1.83. The highest BCUT2D eigenvalue weighted by Gasteiger charge is 2.52. The van der Waals surface area contributed by atoms with Crippen molar-refractivity contribution in [2.24, 2.45) is 7.05 Å². The van der Waals surface area contributed by atoms with E-state index in [1.165, 1.54) is 6.21 Å². The van der Waals surface area contributed by atoms with Gasteiger partial charge in [-0.05, 0) is 39.8 Å². The molecule has 1 saturated heterocycles. The predicted molar refractivity (Wildman–Crippen MR) is 102 cm³/mol. The summed E-state index contributed by atoms with van der Waals surface area (Å²) in [4.78, 5) is 0. The van der Waals surface area contributed by atoms with E-state index < -0.39 is 18.3 Å². The van der Waals surface area contributed by atoms with Crippen LogP contribution in [0.15, 0.2) is 24.5 Å². The summed E-state index contributed by atoms with van der Waals surface area (Å²) in [5.74, 6) is 0. The van der Waals surface area contributed by atoms with Crippen LogP contribution in [0.1, 0.15) is 33.3 Å². The molecule has 0 spiro atoms. The van der Waals surface area contributed by atoms with Crippen molar-refractivity contribution in [3.8, 4) is 0 Å². The van der Waals surface area contributed by atoms with E-state index in [9.17, 15) is 0 Å². The second-order valence-corrected chi connectivity index (χ2v) is 7.63. The fourth-order valence-corrected chi connectivity index (χ4v) is 2.89. The summed E-state index contributed by atoms with van der Waals surface area (Å²) in [6, 6.07) is 3.62. The molecule has 0 radical (unpaired) electrons. The molecule has 3 rings (SSSR count). The van der Waals surface area contributed by atoms with Crippen molar-refractivity contribution in [2.75, 3.05) is 5.32 Å². The van der Waals surface area contributed by atoms with E-state index >= 15 is 0 Å². The van der Waals surface area contributed by atoms with Gasteiger partial charge in [0, 0.05) is 41.2 Å². The van der Waals surface area contributed by atoms with Crippen molar-refractivity contribution in [3.05, 3.63) is 35.1 Å². The van der Waals surface area contributed by atoms with Gasteiger partial charge in [0.05, 0.1) is 23.1 Å². The number of aryl methyl sites for hydroxylation is 1. The van der Waals surface area contributed by atoms with Crippen LogP contribution in [-0.2, 0) is 16.4 Å². The van der Waals surface area contributed by atoms with Gasteiger partial charge in [-0.25, -0.2) is 0 Å². The fourth-order valence-electron chi connectivity index (χ4n) is 2.62. The van der Waals surface area contributed by atoms with Crippen LogP contribution in [0.4, 0.5) is 11.4 Å². The maximum Gasteiger partial charge on any atom is 0.496 e. The predicted octanol–water partition coefficient (Wildman–Crippen LogP) is 3.11. The lowest BCUT2D eigenvalue weighted by Gasteiger charge is -2.32. The molecule has 0 aliphatic carbocycles. The average Bonchev–Trinajstić information content (AvgIpc) is 3.01. The largest absolute Gasteiger partial charge is 0.496 e. The number of nitrogens with one attached hydrogen (secondary N) is 2. The van der Waals surface area contributed by atoms with E-state index in [0.717, 1.165) is 16.8 Å². The van der Waals surface area contributed by atoms with Crippen LogP contribution < -0.4 is 10.8 Å². The SMILES string of the molecule is Cn1cc(Nc2cc(B3OC(C)(C)C(C)(C)O3)c(Cl)cc2C=N)cn1. The second kappa shape index (κ2) is 6.16. The van der Waals surface area contributed by atoms with Crippen molar-refractivity contribution in [3.63, 3.8) is 0 Å². The molecule has 0 atom stereocenters. The molecule has 8 heteroatoms. The number of nitrogens with zero attached hydrogens (tertiary/aromatic N) is 2. The van der Waals surface area contributed by atoms with Crippen molar-refractivity contribution in [2.45, 2.75) is 38.9 Å². The Balaban J connectivity index is 1.98. The topological polar surface area (TPSA) is 72.2 Å². The van der Waals surface area contributed by atoms with Crippen LogP contribution >= 0.6 is 11.6 Å². The monoisotopic (exact) mass is 360 g/mol. The summed E-state index contributed by atoms with van der Waals surface area (Å²) in [7, 11) is 1.28. The minimum absolute atomic E-state index is 0.446. The average molecular weight is 361 g/mol. The van der Waals surface area contributed by atoms with E-state index in [2.05, 4.69) is 10.4 Å². The first-order valence-corrected chi connectivity index (χ1v) is 8.46. The van der Waals surface area contributed by atoms with Gasteiger partial charge in [0.1, 0.15) is 0 Å². The van der Waals surface area contributed by atoms with Gasteiger partial charge in [0.25, 0.3) is 0 Å². The molecule has 2 aromatic rings. The number of halogens is 1. The summed E-state index contributed by atoms with van der Waals surface area (Å²) in [5.41, 5.74) is 2.09. The molecule has 2 N–H and O–H groups in total. The third-order valence-corrected chi connectivity index (χ3v) is 5.14. The molecule has 1 aromatic heterocycles. The molecule has 1 aliphatic rings. The second-order valence-electron chi connectivity index (χ2n) is 7.22. The zero-order chi connectivity index (χ0) is 18.4. The quantitative estimate of drug-likeness (QED) is 0.649. The molecule has 0 unspecified atom stereocenters. The normalized spacial score (nSPS) is 18.4. The summed E-state index contributed by atoms with van der Waals surface area (Å²) >= 11 is 6.45. The molecular formula is C17H22BClN4O2. The molecule has 2 heterocycles. The molecule has 1 aliphatic heterocycles. The highest BCUT2D eigenvalue weighted by molar-refractivity contribution is 6.65. The maximum absolute atomic E-state index is 7.65. The van der Waals surface area contributed by atoms with E-state index in [-0.39, 0.29) is 0 Å². The molecule has 6 nitrogen and oxygen atoms in total. The number of anilines is 2. The Bertz CT molecular complexity index is 803. The lowest BCUT2D eigenvalue weighted by molar-refractivity contribution is 0.00578. The first kappa shape index (κ1) is 18.0. The number of aromatic nitrogens is 2. The first-order valence-electron chi connectivity index (χ1n) is 8.08. The molecular weight excluding hydrogens is 338 g/mol. The highest BCUT2D eigenvalue weighted by atomic mass is 35.5. The van der Waals surface area contributed by atoms with Gasteiger partial charge in [-0.3, -0.25) is 4.68 Å². The number of benzene rings is 1. The Morgan fingerprint density at radius 1 is 1.24 bits per heavy atom. The lowest BCUT2D eigenvalue weighted by Crippen LogP contribution is -2.41. The third-order valence-electron chi connectivity index (χ3n) is 4.82. The van der Waals surface area contributed by atoms with Crippen LogP contribution in [0.5, 0.6) is 0 Å². The standard InChI is InChI=1S/C17H22BClN4O2/c1-16(2)17(3,4)25-18(24-16)13-7-15(11(8-20)6-14(13)19)22-12-9-21-23(5)10-12/h6-10,20,22H,1-5H3. The molecule has 1 fully saturated rings. The summed E-state index contributed by atoms with van der Waals surface area (Å²) in [5, 5.41) is 15.6. The Labute approximate surface area is 153 Å². The van der Waals surface area contributed by atoms with Gasteiger partial charge in [0.2, 0.25) is 0 Å². The zero-order valence-corrected chi connectivity index (χ0v) is 15.8. The van der Waals surface area contributed by atoms with Crippen molar-refractivity contribution in [1.29, 1.82) is 5.41 Å². The van der Waals surface area contributed by atoms with Gasteiger partial charge >= 0.3 is 7.12 Å². The van der Waals surface area contributed by atoms with E-state index in [1.54, 1.807) is 16.9 Å². The van der Waals surface area contributed by atoms with Crippen LogP contribution in [0.3, 0.4) is 0 Å². The third kappa shape index (κ3) is 3.32. The number of rotatable bonds is 4. The molecule has 0 amide bonds. The number of hydrogen-bond acceptors (Lipinski definition) is 5. The van der Waals surface area contributed by atoms with Gasteiger partial charge in [-0.2, -0.15) is 5.10 Å². The molecule has 0 bridgehead atoms. The van der Waals surface area contributed by atoms with E-state index in [4.69, 9.17) is 26.3 Å². The van der Waals surface area contributed by atoms with Crippen molar-refractivity contribution >= 4 is 41.8 Å². The minimum Gasteiger partial charge on any atom is -0.399 e. The molecule has 1 aromatic carbocycles. The van der Waals surface area contributed by atoms with Crippen molar-refractivity contribution < 1.29 is 9.31 Å². The number of hydrogen-bond donors (Lipinski definition) is 2. The highest BCUT2D eigenvalue weighted by Crippen LogP contribution is 2.37. The Morgan fingerprint density at radius 2 is 1.88 bits per heavy atom. The lowest BCUT2D eigenvalue weighted by atomic mass is 9.78. The van der Waals surface area contributed by atoms with Crippen LogP contribution in [0.2, 0.25) is 5.02 Å². The Kier molecular flexibility index (Phi) is 4.43. The smallest absolute Gasteiger partial charge is 0.399 e. The van der Waals surface area contributed by atoms with Crippen LogP contribution in [0, 0.1) is 5.41 Å². The Morgan fingerprint density at radius 3 is 2.40 bits per heavy atom. The maximum atomic E-state index is 7.65. The van der Waals surface area contributed by atoms with Gasteiger partial charge < -0.3 is 20.0 Å². The summed E-state index contributed by atoms with van der Waals surface area (Å²) in [6.07, 6.45) is 4.84. The molecule has 132 valence electrons. The van der Waals surface area contributed by atoms with E-state index in [1.807, 2.05) is 47.0 Å². The van der Waals surface area contributed by atoms with Gasteiger partial charge in [-0.15, -0.1) is 0 Å². The summed E-state index contributed by atoms with van der Waals surface area (Å²) in [6.45, 7) is 8.01. The minimum atomic E-state index is -0.563. The zero-order valence-electron chi connectivity index (χ0n) is 15.1. The van der Waals surface area contributed by atoms with Crippen LogP contribution in [0.25, 0.3) is 0 Å². The first-order chi connectivity index (χ1) is 11.6. The van der Waals surface area contributed by atoms with Crippen LogP contribution in [-0.4, -0.2) is 34.3 Å².